The van der Waals surface area contributed by atoms with Gasteiger partial charge in [-0.25, -0.2) is 9.37 Å². The molecular weight excluding hydrogens is 509 g/mol. The highest BCUT2D eigenvalue weighted by Gasteiger charge is 2.24. The summed E-state index contributed by atoms with van der Waals surface area (Å²) in [6.07, 6.45) is 5.96. The number of anilines is 1. The first-order valence-electron chi connectivity index (χ1n) is 12.9. The molecule has 202 valence electrons. The number of methoxy groups -OCH3 is 1. The van der Waals surface area contributed by atoms with Crippen LogP contribution in [0.15, 0.2) is 41.6 Å². The topological polar surface area (TPSA) is 104 Å². The molecule has 1 unspecified atom stereocenters. The molecule has 1 fully saturated rings. The zero-order valence-corrected chi connectivity index (χ0v) is 22.4. The van der Waals surface area contributed by atoms with Crippen LogP contribution in [0, 0.1) is 6.92 Å². The Labute approximate surface area is 225 Å². The van der Waals surface area contributed by atoms with Crippen molar-refractivity contribution in [3.8, 4) is 11.4 Å². The second-order valence-electron chi connectivity index (χ2n) is 9.89. The molecule has 3 aromatic heterocycles. The van der Waals surface area contributed by atoms with E-state index in [1.807, 2.05) is 13.0 Å². The number of H-pyrrole nitrogens is 2. The lowest BCUT2D eigenvalue weighted by Crippen LogP contribution is -2.38. The van der Waals surface area contributed by atoms with Gasteiger partial charge in [-0.15, -0.1) is 0 Å². The van der Waals surface area contributed by atoms with E-state index in [1.165, 1.54) is 12.7 Å². The summed E-state index contributed by atoms with van der Waals surface area (Å²) < 4.78 is 20.6. The van der Waals surface area contributed by atoms with E-state index >= 15 is 0 Å². The minimum Gasteiger partial charge on any atom is -0.382 e. The Morgan fingerprint density at radius 3 is 2.87 bits per heavy atom. The van der Waals surface area contributed by atoms with E-state index in [0.29, 0.717) is 47.7 Å². The van der Waals surface area contributed by atoms with Crippen LogP contribution in [0.2, 0.25) is 5.02 Å². The minimum absolute atomic E-state index is 0.138. The van der Waals surface area contributed by atoms with Crippen molar-refractivity contribution in [2.24, 2.45) is 0 Å². The number of halogens is 2. The molecule has 0 amide bonds. The average Bonchev–Trinajstić information content (AvgIpc) is 3.51. The zero-order chi connectivity index (χ0) is 26.6. The van der Waals surface area contributed by atoms with Crippen molar-refractivity contribution in [1.29, 1.82) is 0 Å². The van der Waals surface area contributed by atoms with Crippen molar-refractivity contribution < 1.29 is 9.13 Å². The molecule has 1 saturated heterocycles. The van der Waals surface area contributed by atoms with Crippen LogP contribution in [0.4, 0.5) is 10.1 Å². The highest BCUT2D eigenvalue weighted by atomic mass is 35.5. The maximum Gasteiger partial charge on any atom is 0.261 e. The summed E-state index contributed by atoms with van der Waals surface area (Å²) in [5, 5.41) is 8.11. The van der Waals surface area contributed by atoms with Gasteiger partial charge >= 0.3 is 0 Å². The van der Waals surface area contributed by atoms with Crippen LogP contribution in [0.25, 0.3) is 22.4 Å². The van der Waals surface area contributed by atoms with E-state index in [1.54, 1.807) is 23.3 Å². The Morgan fingerprint density at radius 2 is 2.13 bits per heavy atom. The summed E-state index contributed by atoms with van der Waals surface area (Å²) in [7, 11) is 1.53. The number of rotatable bonds is 10. The average molecular weight is 542 g/mol. The number of likely N-dealkylation sites (tertiary alicyclic amines) is 1. The zero-order valence-electron chi connectivity index (χ0n) is 21.6. The number of alkyl halides is 1. The number of hydrogen-bond acceptors (Lipinski definition) is 6. The molecule has 5 rings (SSSR count). The van der Waals surface area contributed by atoms with Crippen LogP contribution in [-0.2, 0) is 11.3 Å². The van der Waals surface area contributed by atoms with E-state index in [2.05, 4.69) is 37.4 Å². The Bertz CT molecular complexity index is 1440. The molecule has 9 nitrogen and oxygen atoms in total. The third kappa shape index (κ3) is 5.92. The largest absolute Gasteiger partial charge is 0.382 e. The molecule has 4 heterocycles. The first-order valence-corrected chi connectivity index (χ1v) is 13.3. The molecule has 1 aromatic carbocycles. The molecule has 1 aliphatic heterocycles. The number of nitrogens with zero attached hydrogens (tertiary/aromatic N) is 4. The quantitative estimate of drug-likeness (QED) is 0.276. The molecule has 0 radical (unpaired) electrons. The number of ether oxygens (including phenoxy) is 1. The predicted molar refractivity (Wildman–Crippen MR) is 148 cm³/mol. The molecule has 3 N–H and O–H groups in total. The van der Waals surface area contributed by atoms with Gasteiger partial charge in [-0.05, 0) is 62.0 Å². The third-order valence-corrected chi connectivity index (χ3v) is 7.31. The van der Waals surface area contributed by atoms with Gasteiger partial charge in [0.05, 0.1) is 41.1 Å². The standard InChI is InChI=1S/C27H33ClFN7O2/c1-17-11-19(18-4-8-35(9-5-18)15-21(29)16-38-2)12-23-25(17)34-26(33-23)24-22(3-6-31-27(24)37)30-7-10-36-14-20(28)13-32-36/h3,6,11-14,18,21H,4-5,7-10,15-16H2,1-2H3,(H,33,34)(H2,30,31,37). The van der Waals surface area contributed by atoms with Gasteiger partial charge in [0.15, 0.2) is 0 Å². The van der Waals surface area contributed by atoms with Gasteiger partial charge < -0.3 is 24.9 Å². The van der Waals surface area contributed by atoms with E-state index in [-0.39, 0.29) is 12.2 Å². The third-order valence-electron chi connectivity index (χ3n) is 7.12. The second-order valence-corrected chi connectivity index (χ2v) is 10.3. The van der Waals surface area contributed by atoms with Gasteiger partial charge in [-0.2, -0.15) is 5.10 Å². The normalized spacial score (nSPS) is 15.8. The van der Waals surface area contributed by atoms with Crippen molar-refractivity contribution in [1.82, 2.24) is 29.6 Å². The van der Waals surface area contributed by atoms with Crippen LogP contribution in [0.5, 0.6) is 0 Å². The molecule has 1 atom stereocenters. The fourth-order valence-corrected chi connectivity index (χ4v) is 5.42. The number of nitrogens with one attached hydrogen (secondary N) is 3. The number of pyridine rings is 1. The summed E-state index contributed by atoms with van der Waals surface area (Å²) in [5.41, 5.74) is 4.99. The Hall–Kier alpha value is -3.21. The van der Waals surface area contributed by atoms with Crippen LogP contribution in [-0.4, -0.2) is 75.7 Å². The summed E-state index contributed by atoms with van der Waals surface area (Å²) in [6.45, 7) is 5.48. The molecule has 1 aliphatic rings. The summed E-state index contributed by atoms with van der Waals surface area (Å²) in [5.74, 6) is 0.920. The first kappa shape index (κ1) is 26.4. The lowest BCUT2D eigenvalue weighted by atomic mass is 9.88. The molecule has 11 heteroatoms. The number of benzene rings is 1. The van der Waals surface area contributed by atoms with Crippen LogP contribution in [0.3, 0.4) is 0 Å². The monoisotopic (exact) mass is 541 g/mol. The van der Waals surface area contributed by atoms with E-state index in [4.69, 9.17) is 21.3 Å². The lowest BCUT2D eigenvalue weighted by Gasteiger charge is -2.33. The minimum atomic E-state index is -0.955. The number of aromatic nitrogens is 5. The lowest BCUT2D eigenvalue weighted by molar-refractivity contribution is 0.0841. The number of hydrogen-bond donors (Lipinski definition) is 3. The maximum absolute atomic E-state index is 14.0. The summed E-state index contributed by atoms with van der Waals surface area (Å²) in [4.78, 5) is 26.0. The van der Waals surface area contributed by atoms with E-state index in [9.17, 15) is 9.18 Å². The van der Waals surface area contributed by atoms with Gasteiger partial charge in [0.25, 0.3) is 5.56 Å². The highest BCUT2D eigenvalue weighted by Crippen LogP contribution is 2.33. The first-order chi connectivity index (χ1) is 18.4. The number of fused-ring (bicyclic) bond motifs is 1. The van der Waals surface area contributed by atoms with Gasteiger partial charge in [-0.3, -0.25) is 9.48 Å². The van der Waals surface area contributed by atoms with E-state index < -0.39 is 6.17 Å². The number of aryl methyl sites for hydroxylation is 1. The second kappa shape index (κ2) is 11.7. The van der Waals surface area contributed by atoms with Crippen molar-refractivity contribution in [2.75, 3.05) is 45.2 Å². The Balaban J connectivity index is 1.33. The molecule has 0 bridgehead atoms. The Morgan fingerprint density at radius 1 is 1.32 bits per heavy atom. The predicted octanol–water partition coefficient (Wildman–Crippen LogP) is 4.35. The number of imidazole rings is 1. The number of piperidine rings is 1. The highest BCUT2D eigenvalue weighted by molar-refractivity contribution is 6.30. The van der Waals surface area contributed by atoms with E-state index in [0.717, 1.165) is 42.5 Å². The van der Waals surface area contributed by atoms with Crippen LogP contribution < -0.4 is 10.9 Å². The summed E-state index contributed by atoms with van der Waals surface area (Å²) in [6, 6.07) is 6.17. The Kier molecular flexibility index (Phi) is 8.11. The van der Waals surface area contributed by atoms with Gasteiger partial charge in [0, 0.05) is 32.6 Å². The number of aromatic amines is 2. The van der Waals surface area contributed by atoms with Crippen molar-refractivity contribution in [3.63, 3.8) is 0 Å². The van der Waals surface area contributed by atoms with Crippen molar-refractivity contribution in [2.45, 2.75) is 38.4 Å². The SMILES string of the molecule is COCC(F)CN1CCC(c2cc(C)c3nc(-c4c(NCCn5cc(Cl)cn5)cc[nH]c4=O)[nH]c3c2)CC1. The van der Waals surface area contributed by atoms with Crippen LogP contribution >= 0.6 is 11.6 Å². The van der Waals surface area contributed by atoms with Gasteiger partial charge in [0.2, 0.25) is 0 Å². The van der Waals surface area contributed by atoms with Gasteiger partial charge in [-0.1, -0.05) is 17.7 Å². The van der Waals surface area contributed by atoms with Crippen LogP contribution in [0.1, 0.15) is 29.9 Å². The van der Waals surface area contributed by atoms with Crippen molar-refractivity contribution >= 4 is 28.3 Å². The summed E-state index contributed by atoms with van der Waals surface area (Å²) >= 11 is 5.95. The molecule has 38 heavy (non-hydrogen) atoms. The fraction of sp³-hybridized carbons (Fsp3) is 0.444. The molecule has 0 spiro atoms. The smallest absolute Gasteiger partial charge is 0.261 e. The maximum atomic E-state index is 14.0. The fourth-order valence-electron chi connectivity index (χ4n) is 5.26. The van der Waals surface area contributed by atoms with Crippen molar-refractivity contribution in [3.05, 3.63) is 63.3 Å². The molecule has 0 aliphatic carbocycles. The molecule has 4 aromatic rings. The molecular formula is C27H33ClFN7O2. The molecule has 0 saturated carbocycles. The van der Waals surface area contributed by atoms with Gasteiger partial charge in [0.1, 0.15) is 17.6 Å².